The molecular formula is C22H21F3N6O2. The molecule has 1 aromatic carbocycles. The minimum absolute atomic E-state index is 0.165. The number of nitrogens with one attached hydrogen (secondary N) is 2. The molecule has 11 heteroatoms. The maximum Gasteiger partial charge on any atom is 0.430 e. The van der Waals surface area contributed by atoms with Gasteiger partial charge >= 0.3 is 12.3 Å². The first kappa shape index (κ1) is 20.3. The molecule has 1 saturated carbocycles. The Bertz CT molecular complexity index is 1240. The molecule has 2 atom stereocenters. The van der Waals surface area contributed by atoms with Gasteiger partial charge in [0, 0.05) is 37.3 Å². The van der Waals surface area contributed by atoms with Crippen LogP contribution in [0.15, 0.2) is 36.5 Å². The monoisotopic (exact) mass is 458 g/mol. The highest BCUT2D eigenvalue weighted by atomic mass is 19.4. The molecule has 3 aromatic rings. The SMILES string of the molecule is O=C1Nc2nccc(-n3nc(N4CCN[C@@H](C5CC5)C4)c4ccccc43)c2[C@H](C(F)(F)F)O1. The van der Waals surface area contributed by atoms with Gasteiger partial charge in [-0.05, 0) is 37.0 Å². The molecular weight excluding hydrogens is 437 g/mol. The molecule has 1 saturated heterocycles. The van der Waals surface area contributed by atoms with Gasteiger partial charge in [-0.2, -0.15) is 13.2 Å². The van der Waals surface area contributed by atoms with Gasteiger partial charge < -0.3 is 15.0 Å². The van der Waals surface area contributed by atoms with Crippen molar-refractivity contribution >= 4 is 28.6 Å². The number of amides is 1. The standard InChI is InChI=1S/C22H21F3N6O2/c23-22(24,25)18-17-16(7-8-27-19(17)28-21(32)33-18)31-15-4-2-1-3-13(15)20(29-31)30-10-9-26-14(11-30)12-5-6-12/h1-4,7-8,12,14,18,26H,5-6,9-11H2,(H,27,28,32)/t14-,18-/m1/s1. The van der Waals surface area contributed by atoms with E-state index in [-0.39, 0.29) is 17.1 Å². The zero-order valence-corrected chi connectivity index (χ0v) is 17.5. The number of rotatable bonds is 3. The molecule has 33 heavy (non-hydrogen) atoms. The summed E-state index contributed by atoms with van der Waals surface area (Å²) in [6.45, 7) is 2.37. The lowest BCUT2D eigenvalue weighted by molar-refractivity contribution is -0.206. The highest BCUT2D eigenvalue weighted by Crippen LogP contribution is 2.44. The summed E-state index contributed by atoms with van der Waals surface area (Å²) in [6, 6.07) is 9.31. The van der Waals surface area contributed by atoms with Gasteiger partial charge in [0.2, 0.25) is 6.10 Å². The van der Waals surface area contributed by atoms with Crippen LogP contribution in [-0.2, 0) is 4.74 Å². The quantitative estimate of drug-likeness (QED) is 0.622. The third kappa shape index (κ3) is 3.47. The number of hydrogen-bond acceptors (Lipinski definition) is 6. The van der Waals surface area contributed by atoms with Gasteiger partial charge in [-0.25, -0.2) is 14.5 Å². The Labute approximate surface area is 186 Å². The molecule has 0 spiro atoms. The van der Waals surface area contributed by atoms with Crippen molar-refractivity contribution in [2.75, 3.05) is 29.9 Å². The van der Waals surface area contributed by atoms with Gasteiger partial charge in [-0.1, -0.05) is 12.1 Å². The topological polar surface area (TPSA) is 84.3 Å². The van der Waals surface area contributed by atoms with Crippen LogP contribution in [0.2, 0.25) is 0 Å². The summed E-state index contributed by atoms with van der Waals surface area (Å²) in [6.07, 6.45) is -4.63. The van der Waals surface area contributed by atoms with Gasteiger partial charge in [0.25, 0.3) is 0 Å². The summed E-state index contributed by atoms with van der Waals surface area (Å²) in [5.74, 6) is 1.22. The highest BCUT2D eigenvalue weighted by molar-refractivity contribution is 5.93. The molecule has 2 N–H and O–H groups in total. The molecule has 6 rings (SSSR count). The highest BCUT2D eigenvalue weighted by Gasteiger charge is 2.49. The Hall–Kier alpha value is -3.34. The number of carbonyl (C=O) groups excluding carboxylic acids is 1. The maximum absolute atomic E-state index is 13.8. The first-order chi connectivity index (χ1) is 15.9. The number of para-hydroxylation sites is 1. The Balaban J connectivity index is 1.50. The smallest absolute Gasteiger partial charge is 0.430 e. The predicted molar refractivity (Wildman–Crippen MR) is 114 cm³/mol. The number of piperazine rings is 1. The number of pyridine rings is 1. The fraction of sp³-hybridized carbons (Fsp3) is 0.409. The number of fused-ring (bicyclic) bond motifs is 2. The molecule has 172 valence electrons. The summed E-state index contributed by atoms with van der Waals surface area (Å²) < 4.78 is 47.7. The van der Waals surface area contributed by atoms with E-state index in [0.717, 1.165) is 30.8 Å². The van der Waals surface area contributed by atoms with Crippen LogP contribution in [0.1, 0.15) is 24.5 Å². The average molecular weight is 458 g/mol. The molecule has 0 bridgehead atoms. The van der Waals surface area contributed by atoms with Crippen LogP contribution in [0.25, 0.3) is 16.6 Å². The number of aromatic nitrogens is 3. The Kier molecular flexibility index (Phi) is 4.51. The predicted octanol–water partition coefficient (Wildman–Crippen LogP) is 3.77. The van der Waals surface area contributed by atoms with Gasteiger partial charge in [-0.3, -0.25) is 5.32 Å². The van der Waals surface area contributed by atoms with Crippen LogP contribution in [0, 0.1) is 5.92 Å². The molecule has 2 fully saturated rings. The van der Waals surface area contributed by atoms with E-state index in [9.17, 15) is 18.0 Å². The third-order valence-corrected chi connectivity index (χ3v) is 6.46. The van der Waals surface area contributed by atoms with E-state index in [1.165, 1.54) is 29.8 Å². The Morgan fingerprint density at radius 2 is 1.97 bits per heavy atom. The minimum Gasteiger partial charge on any atom is -0.431 e. The summed E-state index contributed by atoms with van der Waals surface area (Å²) in [4.78, 5) is 17.9. The molecule has 3 aliphatic rings. The van der Waals surface area contributed by atoms with E-state index in [1.54, 1.807) is 0 Å². The number of alkyl halides is 3. The van der Waals surface area contributed by atoms with Crippen molar-refractivity contribution in [2.24, 2.45) is 5.92 Å². The molecule has 8 nitrogen and oxygen atoms in total. The van der Waals surface area contributed by atoms with Gasteiger partial charge in [0.15, 0.2) is 5.82 Å². The third-order valence-electron chi connectivity index (χ3n) is 6.46. The molecule has 1 aliphatic carbocycles. The number of carbonyl (C=O) groups is 1. The Morgan fingerprint density at radius 1 is 1.15 bits per heavy atom. The second kappa shape index (κ2) is 7.34. The molecule has 2 aromatic heterocycles. The van der Waals surface area contributed by atoms with Crippen molar-refractivity contribution in [3.05, 3.63) is 42.1 Å². The van der Waals surface area contributed by atoms with E-state index in [0.29, 0.717) is 17.5 Å². The lowest BCUT2D eigenvalue weighted by Crippen LogP contribution is -2.52. The van der Waals surface area contributed by atoms with E-state index < -0.39 is 18.4 Å². The number of nitrogens with zero attached hydrogens (tertiary/aromatic N) is 4. The van der Waals surface area contributed by atoms with Crippen molar-refractivity contribution in [2.45, 2.75) is 31.2 Å². The summed E-state index contributed by atoms with van der Waals surface area (Å²) >= 11 is 0. The number of benzene rings is 1. The van der Waals surface area contributed by atoms with Crippen molar-refractivity contribution in [1.82, 2.24) is 20.1 Å². The number of hydrogen-bond donors (Lipinski definition) is 2. The largest absolute Gasteiger partial charge is 0.431 e. The van der Waals surface area contributed by atoms with Crippen LogP contribution >= 0.6 is 0 Å². The molecule has 0 radical (unpaired) electrons. The summed E-state index contributed by atoms with van der Waals surface area (Å²) in [5.41, 5.74) is 0.569. The molecule has 1 amide bonds. The number of ether oxygens (including phenoxy) is 1. The minimum atomic E-state index is -4.80. The van der Waals surface area contributed by atoms with Crippen molar-refractivity contribution in [3.63, 3.8) is 0 Å². The first-order valence-corrected chi connectivity index (χ1v) is 10.9. The normalized spacial score (nSPS) is 23.2. The van der Waals surface area contributed by atoms with Gasteiger partial charge in [0.1, 0.15) is 5.82 Å². The zero-order chi connectivity index (χ0) is 22.7. The van der Waals surface area contributed by atoms with Gasteiger partial charge in [0.05, 0.1) is 16.8 Å². The molecule has 2 aliphatic heterocycles. The Morgan fingerprint density at radius 3 is 2.76 bits per heavy atom. The van der Waals surface area contributed by atoms with E-state index >= 15 is 0 Å². The van der Waals surface area contributed by atoms with Crippen LogP contribution in [0.3, 0.4) is 0 Å². The number of cyclic esters (lactones) is 1. The maximum atomic E-state index is 13.8. The van der Waals surface area contributed by atoms with Crippen LogP contribution < -0.4 is 15.5 Å². The second-order valence-electron chi connectivity index (χ2n) is 8.64. The molecule has 4 heterocycles. The van der Waals surface area contributed by atoms with Crippen LogP contribution in [0.5, 0.6) is 0 Å². The lowest BCUT2D eigenvalue weighted by Gasteiger charge is -2.34. The van der Waals surface area contributed by atoms with E-state index in [4.69, 9.17) is 5.10 Å². The molecule has 0 unspecified atom stereocenters. The van der Waals surface area contributed by atoms with E-state index in [1.807, 2.05) is 24.3 Å². The van der Waals surface area contributed by atoms with Crippen LogP contribution in [-0.4, -0.2) is 52.7 Å². The fourth-order valence-corrected chi connectivity index (χ4v) is 4.78. The lowest BCUT2D eigenvalue weighted by atomic mass is 10.1. The van der Waals surface area contributed by atoms with Crippen molar-refractivity contribution in [1.29, 1.82) is 0 Å². The summed E-state index contributed by atoms with van der Waals surface area (Å²) in [5, 5.41) is 11.5. The zero-order valence-electron chi connectivity index (χ0n) is 17.5. The van der Waals surface area contributed by atoms with Gasteiger partial charge in [-0.15, -0.1) is 5.10 Å². The van der Waals surface area contributed by atoms with E-state index in [2.05, 4.69) is 25.3 Å². The van der Waals surface area contributed by atoms with Crippen molar-refractivity contribution in [3.8, 4) is 5.69 Å². The van der Waals surface area contributed by atoms with Crippen molar-refractivity contribution < 1.29 is 22.7 Å². The average Bonchev–Trinajstić information content (AvgIpc) is 3.58. The number of anilines is 2. The number of halogens is 3. The van der Waals surface area contributed by atoms with Crippen LogP contribution in [0.4, 0.5) is 29.6 Å². The second-order valence-corrected chi connectivity index (χ2v) is 8.64. The fourth-order valence-electron chi connectivity index (χ4n) is 4.78. The summed E-state index contributed by atoms with van der Waals surface area (Å²) in [7, 11) is 0. The first-order valence-electron chi connectivity index (χ1n) is 10.9.